The quantitative estimate of drug-likeness (QED) is 0.173. The molecular weight excluding hydrogens is 639 g/mol. The predicted molar refractivity (Wildman–Crippen MR) is 202 cm³/mol. The van der Waals surface area contributed by atoms with Crippen molar-refractivity contribution in [2.45, 2.75) is 14.8 Å². The molecule has 1 unspecified atom stereocenters. The molecule has 7 nitrogen and oxygen atoms in total. The minimum atomic E-state index is -1.40. The van der Waals surface area contributed by atoms with Crippen molar-refractivity contribution in [1.29, 1.82) is 0 Å². The van der Waals surface area contributed by atoms with Crippen molar-refractivity contribution in [2.24, 2.45) is 4.99 Å². The number of amides is 5. The highest BCUT2D eigenvalue weighted by atomic mass is 32.2. The fourth-order valence-electron chi connectivity index (χ4n) is 7.00. The summed E-state index contributed by atoms with van der Waals surface area (Å²) in [6.07, 6.45) is -1.22. The summed E-state index contributed by atoms with van der Waals surface area (Å²) >= 11 is 0. The smallest absolute Gasteiger partial charge is 0.272 e. The molecule has 1 fully saturated rings. The summed E-state index contributed by atoms with van der Waals surface area (Å²) < 4.78 is 0. The van der Waals surface area contributed by atoms with Crippen LogP contribution in [0.2, 0.25) is 0 Å². The highest BCUT2D eigenvalue weighted by Gasteiger charge is 2.65. The number of benzene rings is 6. The molecule has 244 valence electrons. The first kappa shape index (κ1) is 32.4. The molecule has 2 aliphatic heterocycles. The van der Waals surface area contributed by atoms with Crippen LogP contribution in [0.1, 0.15) is 0 Å². The van der Waals surface area contributed by atoms with Gasteiger partial charge in [0.2, 0.25) is 5.71 Å². The van der Waals surface area contributed by atoms with Gasteiger partial charge in [-0.1, -0.05) is 158 Å². The Hall–Kier alpha value is -6.19. The van der Waals surface area contributed by atoms with Gasteiger partial charge in [0.05, 0.1) is 0 Å². The number of carbonyl (C=O) groups is 3. The lowest BCUT2D eigenvalue weighted by molar-refractivity contribution is -0.114. The number of nitrogens with one attached hydrogen (secondary N) is 3. The van der Waals surface area contributed by atoms with Gasteiger partial charge >= 0.3 is 17.1 Å². The zero-order valence-electron chi connectivity index (χ0n) is 27.0. The van der Waals surface area contributed by atoms with E-state index >= 15 is 0 Å². The summed E-state index contributed by atoms with van der Waals surface area (Å²) in [4.78, 5) is 40.5. The molecule has 0 bridgehead atoms. The van der Waals surface area contributed by atoms with E-state index in [2.05, 4.69) is 142 Å². The van der Waals surface area contributed by atoms with Gasteiger partial charge in [0.15, 0.2) is 9.79 Å². The largest absolute Gasteiger partial charge is 0.347 e. The number of nitrogens with zero attached hydrogens (tertiary/aromatic N) is 1. The Bertz CT molecular complexity index is 1940. The van der Waals surface area contributed by atoms with Crippen LogP contribution in [0, 0.1) is 0 Å². The molecule has 0 radical (unpaired) electrons. The van der Waals surface area contributed by atoms with Crippen LogP contribution in [0.4, 0.5) is 9.59 Å². The van der Waals surface area contributed by atoms with Gasteiger partial charge in [0.1, 0.15) is 17.0 Å². The molecule has 1 atom stereocenters. The van der Waals surface area contributed by atoms with Crippen molar-refractivity contribution >= 4 is 62.6 Å². The number of imide groups is 1. The topological polar surface area (TPSA) is 99.7 Å². The number of fused-ring (bicyclic) bond motifs is 1. The van der Waals surface area contributed by atoms with Gasteiger partial charge in [0.25, 0.3) is 5.91 Å². The van der Waals surface area contributed by atoms with Crippen molar-refractivity contribution < 1.29 is 14.4 Å². The van der Waals surface area contributed by atoms with Crippen LogP contribution in [-0.2, 0) is 15.7 Å². The van der Waals surface area contributed by atoms with Gasteiger partial charge in [0, 0.05) is 0 Å². The van der Waals surface area contributed by atoms with E-state index in [9.17, 15) is 14.4 Å². The third kappa shape index (κ3) is 5.99. The lowest BCUT2D eigenvalue weighted by Crippen LogP contribution is -2.74. The average molecular weight is 673 g/mol. The summed E-state index contributed by atoms with van der Waals surface area (Å²) in [6, 6.07) is 61.0. The molecule has 9 heteroatoms. The minimum Gasteiger partial charge on any atom is -0.272 e. The van der Waals surface area contributed by atoms with Crippen molar-refractivity contribution in [3.8, 4) is 0 Å². The molecule has 50 heavy (non-hydrogen) atoms. The molecule has 0 aromatic heterocycles. The van der Waals surface area contributed by atoms with Crippen LogP contribution in [0.3, 0.4) is 0 Å². The molecule has 5 amide bonds. The monoisotopic (exact) mass is 672 g/mol. The Balaban J connectivity index is 0.000000157. The second kappa shape index (κ2) is 14.1. The van der Waals surface area contributed by atoms with Crippen LogP contribution >= 0.6 is 0 Å². The Morgan fingerprint density at radius 2 is 0.800 bits per heavy atom. The first-order chi connectivity index (χ1) is 24.5. The average Bonchev–Trinajstić information content (AvgIpc) is 3.51. The first-order valence-corrected chi connectivity index (χ1v) is 17.5. The lowest BCUT2D eigenvalue weighted by atomic mass is 9.13. The van der Waals surface area contributed by atoms with E-state index in [1.165, 1.54) is 21.9 Å². The third-order valence-corrected chi connectivity index (χ3v) is 11.5. The molecule has 6 aromatic rings. The molecule has 3 N–H and O–H groups in total. The van der Waals surface area contributed by atoms with Gasteiger partial charge < -0.3 is 0 Å². The van der Waals surface area contributed by atoms with E-state index in [1.807, 2.05) is 60.7 Å². The summed E-state index contributed by atoms with van der Waals surface area (Å²) in [5.41, 5.74) is 5.32. The molecule has 2 aliphatic rings. The summed E-state index contributed by atoms with van der Waals surface area (Å²) in [5.74, 6) is -0.675. The van der Waals surface area contributed by atoms with E-state index in [4.69, 9.17) is 0 Å². The van der Waals surface area contributed by atoms with Crippen LogP contribution < -0.4 is 37.8 Å². The van der Waals surface area contributed by atoms with Gasteiger partial charge in [-0.15, -0.1) is 0 Å². The molecule has 0 aliphatic carbocycles. The number of aliphatic imine (C=N–C) groups is 1. The number of carbonyl (C=O) groups excluding carboxylic acids is 3. The fourth-order valence-corrected chi connectivity index (χ4v) is 9.55. The number of urea groups is 2. The van der Waals surface area contributed by atoms with Gasteiger partial charge in [-0.3, -0.25) is 20.7 Å². The molecule has 0 spiro atoms. The number of rotatable bonds is 7. The second-order valence-corrected chi connectivity index (χ2v) is 14.1. The van der Waals surface area contributed by atoms with Crippen LogP contribution in [0.15, 0.2) is 197 Å². The van der Waals surface area contributed by atoms with E-state index in [-0.39, 0.29) is 5.71 Å². The van der Waals surface area contributed by atoms with Crippen LogP contribution in [0.5, 0.6) is 0 Å². The van der Waals surface area contributed by atoms with E-state index in [0.717, 1.165) is 9.79 Å². The highest BCUT2D eigenvalue weighted by Crippen LogP contribution is 2.36. The molecule has 6 aromatic carbocycles. The Morgan fingerprint density at radius 3 is 1.16 bits per heavy atom. The SMILES string of the molecule is O=C1N=C2C(=O)NC(=O)NC2([S+](c2ccccc2)c2ccccc2)N1.c1ccc([B-](c2ccccc2)(c2ccccc2)c2ccccc2)cc1. The predicted octanol–water partition coefficient (Wildman–Crippen LogP) is 4.44. The maximum absolute atomic E-state index is 12.3. The normalized spacial score (nSPS) is 16.6. The Labute approximate surface area is 293 Å². The van der Waals surface area contributed by atoms with Gasteiger partial charge in [-0.25, -0.2) is 9.59 Å². The zero-order chi connectivity index (χ0) is 34.4. The van der Waals surface area contributed by atoms with Crippen molar-refractivity contribution in [1.82, 2.24) is 16.0 Å². The maximum atomic E-state index is 12.3. The molecule has 8 rings (SSSR count). The minimum absolute atomic E-state index is 0.0341. The summed E-state index contributed by atoms with van der Waals surface area (Å²) in [7, 11) is -0.882. The van der Waals surface area contributed by atoms with Crippen molar-refractivity contribution in [3.05, 3.63) is 182 Å². The van der Waals surface area contributed by atoms with Gasteiger partial charge in [-0.2, -0.15) is 26.8 Å². The Morgan fingerprint density at radius 1 is 0.460 bits per heavy atom. The number of hydrogen-bond acceptors (Lipinski definition) is 3. The highest BCUT2D eigenvalue weighted by molar-refractivity contribution is 7.99. The standard InChI is InChI=1S/C24H20B.C17H12N4O3S/c1-5-13-21(14-6-1)25(22-15-7-2-8-16-22,23-17-9-3-10-18-23)24-19-11-4-12-20-24;22-14-13-17(20-15(23)18-13,21-16(24)19-14)25(11-7-3-1-4-8-11)12-9-5-2-6-10-12/h1-20H;1-10H,(H2-,19,20,21,22,23,24)/q-1;/p+1. The van der Waals surface area contributed by atoms with Gasteiger partial charge in [-0.05, 0) is 24.3 Å². The second-order valence-electron chi connectivity index (χ2n) is 11.9. The number of hydrogen-bond donors (Lipinski definition) is 3. The Kier molecular flexibility index (Phi) is 9.14. The van der Waals surface area contributed by atoms with Crippen molar-refractivity contribution in [3.63, 3.8) is 0 Å². The molecular formula is C41H33BN4O3S. The first-order valence-electron chi connectivity index (χ1n) is 16.3. The summed E-state index contributed by atoms with van der Waals surface area (Å²) in [6.45, 7) is 0. The maximum Gasteiger partial charge on any atom is 0.347 e. The molecule has 2 heterocycles. The third-order valence-electron chi connectivity index (χ3n) is 9.02. The van der Waals surface area contributed by atoms with E-state index in [0.29, 0.717) is 0 Å². The van der Waals surface area contributed by atoms with Crippen LogP contribution in [-0.4, -0.2) is 34.8 Å². The zero-order valence-corrected chi connectivity index (χ0v) is 27.8. The lowest BCUT2D eigenvalue weighted by Gasteiger charge is -2.44. The molecule has 1 saturated heterocycles. The molecule has 0 saturated carbocycles. The van der Waals surface area contributed by atoms with Crippen molar-refractivity contribution in [2.75, 3.05) is 0 Å². The summed E-state index contributed by atoms with van der Waals surface area (Å²) in [5, 5.41) is 7.58. The van der Waals surface area contributed by atoms with Crippen LogP contribution in [0.25, 0.3) is 0 Å². The van der Waals surface area contributed by atoms with E-state index < -0.39 is 40.0 Å². The van der Waals surface area contributed by atoms with E-state index in [1.54, 1.807) is 0 Å². The fraction of sp³-hybridized carbons (Fsp3) is 0.0244.